The molecule has 9 heteroatoms. The third-order valence-corrected chi connectivity index (χ3v) is 6.79. The maximum Gasteiger partial charge on any atom is 0.265 e. The third kappa shape index (κ3) is 4.06. The number of aromatic nitrogens is 1. The topological polar surface area (TPSA) is 88.2 Å². The lowest BCUT2D eigenvalue weighted by Crippen LogP contribution is -2.13. The van der Waals surface area contributed by atoms with E-state index in [9.17, 15) is 13.2 Å². The number of thiazole rings is 1. The second-order valence-corrected chi connectivity index (χ2v) is 9.10. The zero-order valence-electron chi connectivity index (χ0n) is 13.4. The molecule has 2 N–H and O–H groups in total. The fourth-order valence-corrected chi connectivity index (χ4v) is 4.76. The number of nitrogens with one attached hydrogen (secondary N) is 2. The van der Waals surface area contributed by atoms with E-state index in [1.807, 2.05) is 19.9 Å². The molecule has 0 aliphatic heterocycles. The second kappa shape index (κ2) is 6.95. The molecule has 0 fully saturated rings. The van der Waals surface area contributed by atoms with Gasteiger partial charge in [-0.15, -0.1) is 22.7 Å². The Kier molecular flexibility index (Phi) is 4.89. The quantitative estimate of drug-likeness (QED) is 0.689. The smallest absolute Gasteiger partial charge is 0.265 e. The van der Waals surface area contributed by atoms with Crippen molar-refractivity contribution in [1.82, 2.24) is 4.98 Å². The van der Waals surface area contributed by atoms with Crippen LogP contribution in [-0.2, 0) is 10.0 Å². The molecular weight excluding hydrogens is 378 g/mol. The zero-order valence-corrected chi connectivity index (χ0v) is 15.9. The highest BCUT2D eigenvalue weighted by molar-refractivity contribution is 7.93. The van der Waals surface area contributed by atoms with Crippen molar-refractivity contribution >= 4 is 49.4 Å². The average molecular weight is 394 g/mol. The van der Waals surface area contributed by atoms with E-state index in [-0.39, 0.29) is 10.8 Å². The molecule has 1 amide bonds. The minimum atomic E-state index is -3.70. The van der Waals surface area contributed by atoms with E-state index in [4.69, 9.17) is 0 Å². The molecule has 0 saturated heterocycles. The molecule has 25 heavy (non-hydrogen) atoms. The van der Waals surface area contributed by atoms with Gasteiger partial charge in [0.2, 0.25) is 0 Å². The molecule has 6 nitrogen and oxygen atoms in total. The Labute approximate surface area is 153 Å². The first kappa shape index (κ1) is 17.6. The summed E-state index contributed by atoms with van der Waals surface area (Å²) < 4.78 is 26.9. The standard InChI is InChI=1S/C16H15N3O3S3/c1-10-9-14(24-11(10)2)15(20)18-12-3-5-13(6-4-12)25(21,22)19-16-17-7-8-23-16/h3-9H,1-2H3,(H,17,19)(H,18,20). The van der Waals surface area contributed by atoms with Gasteiger partial charge in [-0.1, -0.05) is 0 Å². The summed E-state index contributed by atoms with van der Waals surface area (Å²) in [5, 5.41) is 4.76. The summed E-state index contributed by atoms with van der Waals surface area (Å²) >= 11 is 2.63. The van der Waals surface area contributed by atoms with Crippen LogP contribution in [-0.4, -0.2) is 19.3 Å². The summed E-state index contributed by atoms with van der Waals surface area (Å²) in [4.78, 5) is 18.0. The van der Waals surface area contributed by atoms with Crippen molar-refractivity contribution in [2.75, 3.05) is 10.0 Å². The van der Waals surface area contributed by atoms with Gasteiger partial charge in [-0.2, -0.15) is 0 Å². The Morgan fingerprint density at radius 2 is 1.88 bits per heavy atom. The fraction of sp³-hybridized carbons (Fsp3) is 0.125. The SMILES string of the molecule is Cc1cc(C(=O)Nc2ccc(S(=O)(=O)Nc3nccs3)cc2)sc1C. The molecule has 0 radical (unpaired) electrons. The van der Waals surface area contributed by atoms with Gasteiger partial charge in [-0.3, -0.25) is 9.52 Å². The van der Waals surface area contributed by atoms with Gasteiger partial charge >= 0.3 is 0 Å². The summed E-state index contributed by atoms with van der Waals surface area (Å²) in [7, 11) is -3.70. The molecule has 2 aromatic heterocycles. The lowest BCUT2D eigenvalue weighted by molar-refractivity contribution is 0.103. The lowest BCUT2D eigenvalue weighted by atomic mass is 10.2. The Bertz CT molecular complexity index is 972. The molecule has 0 bridgehead atoms. The molecule has 2 heterocycles. The van der Waals surface area contributed by atoms with Crippen LogP contribution >= 0.6 is 22.7 Å². The van der Waals surface area contributed by atoms with Crippen molar-refractivity contribution in [2.24, 2.45) is 0 Å². The van der Waals surface area contributed by atoms with Crippen molar-refractivity contribution < 1.29 is 13.2 Å². The normalized spacial score (nSPS) is 11.3. The first-order valence-electron chi connectivity index (χ1n) is 7.26. The molecule has 0 aliphatic carbocycles. The first-order chi connectivity index (χ1) is 11.8. The third-order valence-electron chi connectivity index (χ3n) is 3.47. The van der Waals surface area contributed by atoms with Gasteiger partial charge in [0.05, 0.1) is 9.77 Å². The lowest BCUT2D eigenvalue weighted by Gasteiger charge is -2.07. The number of amides is 1. The van der Waals surface area contributed by atoms with Gasteiger partial charge in [0.1, 0.15) is 0 Å². The van der Waals surface area contributed by atoms with Crippen LogP contribution < -0.4 is 10.0 Å². The van der Waals surface area contributed by atoms with Crippen LogP contribution in [0.3, 0.4) is 0 Å². The van der Waals surface area contributed by atoms with E-state index in [0.29, 0.717) is 15.7 Å². The number of hydrogen-bond donors (Lipinski definition) is 2. The predicted molar refractivity (Wildman–Crippen MR) is 101 cm³/mol. The maximum atomic E-state index is 12.3. The van der Waals surface area contributed by atoms with Gasteiger partial charge < -0.3 is 5.32 Å². The molecule has 0 atom stereocenters. The second-order valence-electron chi connectivity index (χ2n) is 5.27. The Hall–Kier alpha value is -2.23. The molecule has 0 spiro atoms. The van der Waals surface area contributed by atoms with Crippen LogP contribution in [0, 0.1) is 13.8 Å². The number of aryl methyl sites for hydroxylation is 2. The number of thiophene rings is 1. The molecule has 1 aromatic carbocycles. The van der Waals surface area contributed by atoms with Crippen LogP contribution in [0.5, 0.6) is 0 Å². The minimum Gasteiger partial charge on any atom is -0.321 e. The molecule has 0 saturated carbocycles. The zero-order chi connectivity index (χ0) is 18.0. The highest BCUT2D eigenvalue weighted by Gasteiger charge is 2.16. The van der Waals surface area contributed by atoms with E-state index in [2.05, 4.69) is 15.0 Å². The molecular formula is C16H15N3O3S3. The summed E-state index contributed by atoms with van der Waals surface area (Å²) in [5.41, 5.74) is 1.60. The largest absolute Gasteiger partial charge is 0.321 e. The summed E-state index contributed by atoms with van der Waals surface area (Å²) in [6.45, 7) is 3.92. The number of anilines is 2. The Morgan fingerprint density at radius 1 is 1.16 bits per heavy atom. The number of hydrogen-bond acceptors (Lipinski definition) is 6. The molecule has 0 unspecified atom stereocenters. The monoisotopic (exact) mass is 393 g/mol. The van der Waals surface area contributed by atoms with Gasteiger partial charge in [0, 0.05) is 22.1 Å². The van der Waals surface area contributed by atoms with Crippen LogP contribution in [0.4, 0.5) is 10.8 Å². The molecule has 0 aliphatic rings. The van der Waals surface area contributed by atoms with E-state index < -0.39 is 10.0 Å². The van der Waals surface area contributed by atoms with Crippen LogP contribution in [0.2, 0.25) is 0 Å². The maximum absolute atomic E-state index is 12.3. The van der Waals surface area contributed by atoms with Crippen molar-refractivity contribution in [2.45, 2.75) is 18.7 Å². The first-order valence-corrected chi connectivity index (χ1v) is 10.4. The Morgan fingerprint density at radius 3 is 2.44 bits per heavy atom. The van der Waals surface area contributed by atoms with Crippen molar-refractivity contribution in [3.63, 3.8) is 0 Å². The van der Waals surface area contributed by atoms with Gasteiger partial charge in [-0.25, -0.2) is 13.4 Å². The summed E-state index contributed by atoms with van der Waals surface area (Å²) in [5.74, 6) is -0.210. The molecule has 130 valence electrons. The minimum absolute atomic E-state index is 0.100. The van der Waals surface area contributed by atoms with Crippen molar-refractivity contribution in [1.29, 1.82) is 0 Å². The van der Waals surface area contributed by atoms with Crippen molar-refractivity contribution in [3.8, 4) is 0 Å². The van der Waals surface area contributed by atoms with Gasteiger partial charge in [0.15, 0.2) is 5.13 Å². The Balaban J connectivity index is 1.72. The van der Waals surface area contributed by atoms with E-state index in [1.165, 1.54) is 41.0 Å². The summed E-state index contributed by atoms with van der Waals surface area (Å²) in [6.07, 6.45) is 1.52. The van der Waals surface area contributed by atoms with Crippen LogP contribution in [0.1, 0.15) is 20.1 Å². The highest BCUT2D eigenvalue weighted by atomic mass is 32.2. The van der Waals surface area contributed by atoms with Crippen LogP contribution in [0.25, 0.3) is 0 Å². The fourth-order valence-electron chi connectivity index (χ4n) is 2.04. The predicted octanol–water partition coefficient (Wildman–Crippen LogP) is 3.87. The number of sulfonamides is 1. The van der Waals surface area contributed by atoms with Crippen LogP contribution in [0.15, 0.2) is 46.8 Å². The van der Waals surface area contributed by atoms with Crippen molar-refractivity contribution in [3.05, 3.63) is 57.2 Å². The number of rotatable bonds is 5. The number of nitrogens with zero attached hydrogens (tertiary/aromatic N) is 1. The van der Waals surface area contributed by atoms with E-state index in [1.54, 1.807) is 17.5 Å². The van der Waals surface area contributed by atoms with Gasteiger partial charge in [-0.05, 0) is 49.7 Å². The van der Waals surface area contributed by atoms with E-state index >= 15 is 0 Å². The number of carbonyl (C=O) groups excluding carboxylic acids is 1. The van der Waals surface area contributed by atoms with Gasteiger partial charge in [0.25, 0.3) is 15.9 Å². The molecule has 3 rings (SSSR count). The number of benzene rings is 1. The summed E-state index contributed by atoms with van der Waals surface area (Å²) in [6, 6.07) is 7.84. The highest BCUT2D eigenvalue weighted by Crippen LogP contribution is 2.23. The average Bonchev–Trinajstić information content (AvgIpc) is 3.18. The number of carbonyl (C=O) groups is 1. The van der Waals surface area contributed by atoms with E-state index in [0.717, 1.165) is 10.4 Å². The molecule has 3 aromatic rings.